The molecule has 1 unspecified atom stereocenters. The lowest BCUT2D eigenvalue weighted by Gasteiger charge is -2.12. The second-order valence-corrected chi connectivity index (χ2v) is 2.55. The molecule has 0 bridgehead atoms. The Morgan fingerprint density at radius 2 is 2.25 bits per heavy atom. The summed E-state index contributed by atoms with van der Waals surface area (Å²) in [6, 6.07) is 3.82. The highest BCUT2D eigenvalue weighted by atomic mass is 16.7. The van der Waals surface area contributed by atoms with E-state index in [1.54, 1.807) is 13.3 Å². The molecule has 0 amide bonds. The van der Waals surface area contributed by atoms with Crippen molar-refractivity contribution >= 4 is 0 Å². The van der Waals surface area contributed by atoms with E-state index in [1.807, 2.05) is 26.0 Å². The van der Waals surface area contributed by atoms with Crippen molar-refractivity contribution < 1.29 is 9.47 Å². The van der Waals surface area contributed by atoms with Crippen molar-refractivity contribution in [2.24, 2.45) is 0 Å². The molecule has 1 rings (SSSR count). The summed E-state index contributed by atoms with van der Waals surface area (Å²) in [6.45, 7) is 3.78. The number of hydrogen-bond acceptors (Lipinski definition) is 3. The van der Waals surface area contributed by atoms with Gasteiger partial charge in [0.1, 0.15) is 0 Å². The Morgan fingerprint density at radius 3 is 2.83 bits per heavy atom. The van der Waals surface area contributed by atoms with Crippen LogP contribution < -0.4 is 4.74 Å². The van der Waals surface area contributed by atoms with Crippen LogP contribution in [-0.4, -0.2) is 18.4 Å². The molecule has 0 aliphatic rings. The van der Waals surface area contributed by atoms with Crippen LogP contribution in [0.15, 0.2) is 18.3 Å². The summed E-state index contributed by atoms with van der Waals surface area (Å²) in [5.41, 5.74) is 1.02. The van der Waals surface area contributed by atoms with Gasteiger partial charge in [-0.2, -0.15) is 0 Å². The van der Waals surface area contributed by atoms with Gasteiger partial charge in [0.2, 0.25) is 5.88 Å². The third-order valence-electron chi connectivity index (χ3n) is 1.57. The predicted octanol–water partition coefficient (Wildman–Crippen LogP) is 1.76. The van der Waals surface area contributed by atoms with Crippen molar-refractivity contribution in [2.45, 2.75) is 20.1 Å². The van der Waals surface area contributed by atoms with Gasteiger partial charge in [0.05, 0.1) is 0 Å². The van der Waals surface area contributed by atoms with E-state index in [-0.39, 0.29) is 6.29 Å². The fraction of sp³-hybridized carbons (Fsp3) is 0.444. The van der Waals surface area contributed by atoms with Crippen molar-refractivity contribution in [3.05, 3.63) is 23.9 Å². The Bertz CT molecular complexity index is 250. The van der Waals surface area contributed by atoms with Crippen LogP contribution in [0.5, 0.6) is 5.88 Å². The van der Waals surface area contributed by atoms with E-state index >= 15 is 0 Å². The summed E-state index contributed by atoms with van der Waals surface area (Å²) in [6.07, 6.45) is 1.45. The minimum atomic E-state index is -0.251. The normalized spacial score (nSPS) is 12.6. The maximum atomic E-state index is 5.36. The first-order valence-corrected chi connectivity index (χ1v) is 3.85. The molecule has 0 aliphatic carbocycles. The van der Waals surface area contributed by atoms with Crippen molar-refractivity contribution in [1.82, 2.24) is 4.98 Å². The van der Waals surface area contributed by atoms with Crippen molar-refractivity contribution in [3.8, 4) is 5.88 Å². The van der Waals surface area contributed by atoms with Crippen LogP contribution >= 0.6 is 0 Å². The van der Waals surface area contributed by atoms with Crippen LogP contribution in [-0.2, 0) is 4.74 Å². The molecule has 12 heavy (non-hydrogen) atoms. The Labute approximate surface area is 72.3 Å². The minimum absolute atomic E-state index is 0.251. The van der Waals surface area contributed by atoms with Crippen molar-refractivity contribution in [2.75, 3.05) is 7.11 Å². The lowest BCUT2D eigenvalue weighted by molar-refractivity contribution is -0.0414. The zero-order valence-corrected chi connectivity index (χ0v) is 7.57. The molecule has 0 aliphatic heterocycles. The molecule has 0 aromatic carbocycles. The molecule has 0 N–H and O–H groups in total. The van der Waals surface area contributed by atoms with Crippen LogP contribution in [0.1, 0.15) is 12.5 Å². The molecule has 0 radical (unpaired) electrons. The van der Waals surface area contributed by atoms with Gasteiger partial charge < -0.3 is 9.47 Å². The zero-order chi connectivity index (χ0) is 8.97. The first kappa shape index (κ1) is 9.00. The topological polar surface area (TPSA) is 31.4 Å². The van der Waals surface area contributed by atoms with Crippen LogP contribution in [0.3, 0.4) is 0 Å². The summed E-state index contributed by atoms with van der Waals surface area (Å²) in [4.78, 5) is 4.06. The molecule has 0 fully saturated rings. The molecule has 0 spiro atoms. The van der Waals surface area contributed by atoms with Gasteiger partial charge in [-0.1, -0.05) is 6.07 Å². The number of methoxy groups -OCH3 is 1. The fourth-order valence-corrected chi connectivity index (χ4v) is 0.800. The summed E-state index contributed by atoms with van der Waals surface area (Å²) in [5.74, 6) is 0.631. The smallest absolute Gasteiger partial charge is 0.218 e. The molecule has 3 heteroatoms. The number of aromatic nitrogens is 1. The van der Waals surface area contributed by atoms with Crippen molar-refractivity contribution in [1.29, 1.82) is 0 Å². The quantitative estimate of drug-likeness (QED) is 0.643. The fourth-order valence-electron chi connectivity index (χ4n) is 0.800. The molecule has 3 nitrogen and oxygen atoms in total. The SMILES string of the molecule is COC(C)Oc1ncccc1C. The van der Waals surface area contributed by atoms with Crippen LogP contribution in [0.25, 0.3) is 0 Å². The van der Waals surface area contributed by atoms with E-state index in [9.17, 15) is 0 Å². The van der Waals surface area contributed by atoms with E-state index in [1.165, 1.54) is 0 Å². The molecule has 1 aromatic heterocycles. The highest BCUT2D eigenvalue weighted by Crippen LogP contribution is 2.13. The van der Waals surface area contributed by atoms with Gasteiger partial charge in [-0.05, 0) is 19.9 Å². The highest BCUT2D eigenvalue weighted by Gasteiger charge is 2.04. The number of pyridine rings is 1. The third kappa shape index (κ3) is 2.20. The molecule has 1 heterocycles. The Morgan fingerprint density at radius 1 is 1.50 bits per heavy atom. The molecule has 0 saturated carbocycles. The monoisotopic (exact) mass is 167 g/mol. The average molecular weight is 167 g/mol. The number of ether oxygens (including phenoxy) is 2. The maximum Gasteiger partial charge on any atom is 0.218 e. The van der Waals surface area contributed by atoms with Crippen LogP contribution in [0.4, 0.5) is 0 Å². The first-order valence-electron chi connectivity index (χ1n) is 3.85. The molecule has 1 atom stereocenters. The van der Waals surface area contributed by atoms with Gasteiger partial charge in [0.15, 0.2) is 6.29 Å². The molecular formula is C9H13NO2. The van der Waals surface area contributed by atoms with Crippen LogP contribution in [0, 0.1) is 6.92 Å². The van der Waals surface area contributed by atoms with E-state index in [0.717, 1.165) is 5.56 Å². The van der Waals surface area contributed by atoms with E-state index in [2.05, 4.69) is 4.98 Å². The lowest BCUT2D eigenvalue weighted by Crippen LogP contribution is -2.14. The predicted molar refractivity (Wildman–Crippen MR) is 46.1 cm³/mol. The van der Waals surface area contributed by atoms with Crippen LogP contribution in [0.2, 0.25) is 0 Å². The highest BCUT2D eigenvalue weighted by molar-refractivity contribution is 5.23. The molecule has 66 valence electrons. The van der Waals surface area contributed by atoms with Gasteiger partial charge in [0, 0.05) is 18.9 Å². The van der Waals surface area contributed by atoms with Gasteiger partial charge in [-0.15, -0.1) is 0 Å². The van der Waals surface area contributed by atoms with E-state index < -0.39 is 0 Å². The summed E-state index contributed by atoms with van der Waals surface area (Å²) >= 11 is 0. The number of aryl methyl sites for hydroxylation is 1. The summed E-state index contributed by atoms with van der Waals surface area (Å²) in [7, 11) is 1.60. The average Bonchev–Trinajstić information content (AvgIpc) is 2.09. The van der Waals surface area contributed by atoms with Gasteiger partial charge in [0.25, 0.3) is 0 Å². The maximum absolute atomic E-state index is 5.36. The molecular weight excluding hydrogens is 154 g/mol. The lowest BCUT2D eigenvalue weighted by atomic mass is 10.3. The molecule has 1 aromatic rings. The Balaban J connectivity index is 2.69. The van der Waals surface area contributed by atoms with Gasteiger partial charge in [-0.25, -0.2) is 4.98 Å². The van der Waals surface area contributed by atoms with Gasteiger partial charge >= 0.3 is 0 Å². The van der Waals surface area contributed by atoms with Crippen molar-refractivity contribution in [3.63, 3.8) is 0 Å². The third-order valence-corrected chi connectivity index (χ3v) is 1.57. The Hall–Kier alpha value is -1.09. The second kappa shape index (κ2) is 4.07. The van der Waals surface area contributed by atoms with Gasteiger partial charge in [-0.3, -0.25) is 0 Å². The first-order chi connectivity index (χ1) is 5.74. The van der Waals surface area contributed by atoms with E-state index in [4.69, 9.17) is 9.47 Å². The summed E-state index contributed by atoms with van der Waals surface area (Å²) < 4.78 is 10.3. The number of hydrogen-bond donors (Lipinski definition) is 0. The zero-order valence-electron chi connectivity index (χ0n) is 7.57. The summed E-state index contributed by atoms with van der Waals surface area (Å²) in [5, 5.41) is 0. The number of nitrogens with zero attached hydrogens (tertiary/aromatic N) is 1. The number of rotatable bonds is 3. The second-order valence-electron chi connectivity index (χ2n) is 2.55. The standard InChI is InChI=1S/C9H13NO2/c1-7-5-4-6-10-9(7)12-8(2)11-3/h4-6,8H,1-3H3. The molecule has 0 saturated heterocycles. The van der Waals surface area contributed by atoms with E-state index in [0.29, 0.717) is 5.88 Å². The largest absolute Gasteiger partial charge is 0.448 e. The Kier molecular flexibility index (Phi) is 3.05. The minimum Gasteiger partial charge on any atom is -0.448 e.